The minimum atomic E-state index is -0.149. The summed E-state index contributed by atoms with van der Waals surface area (Å²) in [6.45, 7) is 3.61. The molecule has 5 heteroatoms. The number of amides is 1. The first-order valence-electron chi connectivity index (χ1n) is 6.74. The van der Waals surface area contributed by atoms with Crippen molar-refractivity contribution in [1.82, 2.24) is 5.32 Å². The van der Waals surface area contributed by atoms with Gasteiger partial charge in [0.15, 0.2) is 5.78 Å². The second-order valence-corrected chi connectivity index (χ2v) is 4.80. The topological polar surface area (TPSA) is 71.3 Å². The number of hydrogen-bond acceptors (Lipinski definition) is 4. The van der Waals surface area contributed by atoms with Crippen molar-refractivity contribution in [3.63, 3.8) is 0 Å². The fourth-order valence-corrected chi connectivity index (χ4v) is 1.88. The highest BCUT2D eigenvalue weighted by Crippen LogP contribution is 2.12. The van der Waals surface area contributed by atoms with Crippen LogP contribution in [-0.2, 0) is 4.79 Å². The minimum Gasteiger partial charge on any atom is -0.468 e. The van der Waals surface area contributed by atoms with E-state index in [9.17, 15) is 9.59 Å². The molecule has 0 aliphatic rings. The highest BCUT2D eigenvalue weighted by Gasteiger charge is 2.10. The molecule has 2 aromatic rings. The molecular formula is C16H18N2O3. The van der Waals surface area contributed by atoms with Gasteiger partial charge in [-0.1, -0.05) is 0 Å². The second kappa shape index (κ2) is 6.85. The summed E-state index contributed by atoms with van der Waals surface area (Å²) in [5.41, 5.74) is 1.29. The van der Waals surface area contributed by atoms with Crippen LogP contribution in [-0.4, -0.2) is 18.2 Å². The number of carbonyl (C=O) groups is 2. The lowest BCUT2D eigenvalue weighted by Crippen LogP contribution is -2.29. The van der Waals surface area contributed by atoms with E-state index >= 15 is 0 Å². The van der Waals surface area contributed by atoms with Gasteiger partial charge in [0.2, 0.25) is 5.91 Å². The van der Waals surface area contributed by atoms with E-state index in [0.29, 0.717) is 11.3 Å². The van der Waals surface area contributed by atoms with Gasteiger partial charge < -0.3 is 9.73 Å². The van der Waals surface area contributed by atoms with Crippen molar-refractivity contribution in [2.45, 2.75) is 19.9 Å². The third-order valence-electron chi connectivity index (χ3n) is 3.11. The van der Waals surface area contributed by atoms with E-state index in [4.69, 9.17) is 4.42 Å². The van der Waals surface area contributed by atoms with Crippen LogP contribution >= 0.6 is 0 Å². The first-order valence-corrected chi connectivity index (χ1v) is 6.74. The molecule has 21 heavy (non-hydrogen) atoms. The summed E-state index contributed by atoms with van der Waals surface area (Å²) >= 11 is 0. The zero-order chi connectivity index (χ0) is 15.2. The SMILES string of the molecule is CC(=O)c1ccc(NC(=O)CN[C@H](C)c2ccco2)cc1. The molecule has 0 saturated heterocycles. The predicted octanol–water partition coefficient (Wildman–Crippen LogP) is 2.77. The van der Waals surface area contributed by atoms with E-state index in [1.807, 2.05) is 19.1 Å². The Morgan fingerprint density at radius 1 is 1.19 bits per heavy atom. The Morgan fingerprint density at radius 3 is 2.48 bits per heavy atom. The molecule has 0 fully saturated rings. The summed E-state index contributed by atoms with van der Waals surface area (Å²) in [4.78, 5) is 23.0. The van der Waals surface area contributed by atoms with Crippen molar-refractivity contribution >= 4 is 17.4 Å². The zero-order valence-corrected chi connectivity index (χ0v) is 12.1. The fraction of sp³-hybridized carbons (Fsp3) is 0.250. The molecule has 0 saturated carbocycles. The van der Waals surface area contributed by atoms with Crippen molar-refractivity contribution in [2.75, 3.05) is 11.9 Å². The molecule has 110 valence electrons. The average Bonchev–Trinajstić information content (AvgIpc) is 2.99. The maximum Gasteiger partial charge on any atom is 0.238 e. The van der Waals surface area contributed by atoms with Gasteiger partial charge in [0, 0.05) is 11.3 Å². The third-order valence-corrected chi connectivity index (χ3v) is 3.11. The van der Waals surface area contributed by atoms with E-state index in [2.05, 4.69) is 10.6 Å². The van der Waals surface area contributed by atoms with Crippen LogP contribution in [0.5, 0.6) is 0 Å². The Balaban J connectivity index is 1.83. The van der Waals surface area contributed by atoms with Gasteiger partial charge in [-0.25, -0.2) is 0 Å². The lowest BCUT2D eigenvalue weighted by molar-refractivity contribution is -0.115. The summed E-state index contributed by atoms with van der Waals surface area (Å²) in [7, 11) is 0. The van der Waals surface area contributed by atoms with Gasteiger partial charge in [0.05, 0.1) is 18.8 Å². The largest absolute Gasteiger partial charge is 0.468 e. The fourth-order valence-electron chi connectivity index (χ4n) is 1.88. The molecule has 0 unspecified atom stereocenters. The molecule has 2 N–H and O–H groups in total. The Kier molecular flexibility index (Phi) is 4.90. The van der Waals surface area contributed by atoms with E-state index in [0.717, 1.165) is 5.76 Å². The molecule has 1 atom stereocenters. The Bertz CT molecular complexity index is 603. The van der Waals surface area contributed by atoms with Crippen molar-refractivity contribution in [1.29, 1.82) is 0 Å². The van der Waals surface area contributed by atoms with E-state index in [-0.39, 0.29) is 24.3 Å². The molecule has 0 spiro atoms. The molecule has 0 aliphatic carbocycles. The quantitative estimate of drug-likeness (QED) is 0.801. The van der Waals surface area contributed by atoms with Crippen LogP contribution in [0.2, 0.25) is 0 Å². The first-order chi connectivity index (χ1) is 10.1. The summed E-state index contributed by atoms with van der Waals surface area (Å²) in [5.74, 6) is 0.638. The standard InChI is InChI=1S/C16H18N2O3/c1-11(15-4-3-9-21-15)17-10-16(20)18-14-7-5-13(6-8-14)12(2)19/h3-9,11,17H,10H2,1-2H3,(H,18,20)/t11-/m1/s1. The van der Waals surface area contributed by atoms with Crippen molar-refractivity contribution in [3.8, 4) is 0 Å². The van der Waals surface area contributed by atoms with Crippen molar-refractivity contribution < 1.29 is 14.0 Å². The first kappa shape index (κ1) is 15.0. The molecule has 1 heterocycles. The molecule has 1 aromatic carbocycles. The van der Waals surface area contributed by atoms with E-state index < -0.39 is 0 Å². The van der Waals surface area contributed by atoms with Gasteiger partial charge in [-0.2, -0.15) is 0 Å². The highest BCUT2D eigenvalue weighted by molar-refractivity contribution is 5.96. The highest BCUT2D eigenvalue weighted by atomic mass is 16.3. The summed E-state index contributed by atoms with van der Waals surface area (Å²) in [5, 5.41) is 5.84. The zero-order valence-electron chi connectivity index (χ0n) is 12.1. The Morgan fingerprint density at radius 2 is 1.90 bits per heavy atom. The maximum absolute atomic E-state index is 11.8. The second-order valence-electron chi connectivity index (χ2n) is 4.80. The normalized spacial score (nSPS) is 11.9. The molecule has 1 aromatic heterocycles. The van der Waals surface area contributed by atoms with Crippen LogP contribution in [0.1, 0.15) is 36.0 Å². The van der Waals surface area contributed by atoms with Crippen LogP contribution < -0.4 is 10.6 Å². The minimum absolute atomic E-state index is 0.00168. The lowest BCUT2D eigenvalue weighted by Gasteiger charge is -2.11. The van der Waals surface area contributed by atoms with Gasteiger partial charge in [-0.05, 0) is 50.2 Å². The van der Waals surface area contributed by atoms with Gasteiger partial charge in [0.25, 0.3) is 0 Å². The van der Waals surface area contributed by atoms with Gasteiger partial charge in [-0.15, -0.1) is 0 Å². The van der Waals surface area contributed by atoms with Crippen LogP contribution in [0.3, 0.4) is 0 Å². The average molecular weight is 286 g/mol. The molecule has 0 aliphatic heterocycles. The van der Waals surface area contributed by atoms with E-state index in [1.165, 1.54) is 6.92 Å². The molecular weight excluding hydrogens is 268 g/mol. The number of ketones is 1. The predicted molar refractivity (Wildman–Crippen MR) is 80.2 cm³/mol. The molecule has 0 radical (unpaired) electrons. The number of furan rings is 1. The molecule has 5 nitrogen and oxygen atoms in total. The molecule has 0 bridgehead atoms. The number of benzene rings is 1. The molecule has 1 amide bonds. The summed E-state index contributed by atoms with van der Waals surface area (Å²) in [6.07, 6.45) is 1.60. The Labute approximate surface area is 123 Å². The summed E-state index contributed by atoms with van der Waals surface area (Å²) in [6, 6.07) is 10.4. The van der Waals surface area contributed by atoms with E-state index in [1.54, 1.807) is 30.5 Å². The smallest absolute Gasteiger partial charge is 0.238 e. The number of rotatable bonds is 6. The summed E-state index contributed by atoms with van der Waals surface area (Å²) < 4.78 is 5.26. The number of anilines is 1. The number of nitrogens with one attached hydrogen (secondary N) is 2. The maximum atomic E-state index is 11.8. The third kappa shape index (κ3) is 4.29. The number of Topliss-reactive ketones (excluding diaryl/α,β-unsaturated/α-hetero) is 1. The van der Waals surface area contributed by atoms with Gasteiger partial charge in [-0.3, -0.25) is 14.9 Å². The Hall–Kier alpha value is -2.40. The van der Waals surface area contributed by atoms with Crippen molar-refractivity contribution in [2.24, 2.45) is 0 Å². The van der Waals surface area contributed by atoms with Gasteiger partial charge >= 0.3 is 0 Å². The van der Waals surface area contributed by atoms with Crippen LogP contribution in [0.25, 0.3) is 0 Å². The van der Waals surface area contributed by atoms with Crippen molar-refractivity contribution in [3.05, 3.63) is 54.0 Å². The molecule has 2 rings (SSSR count). The lowest BCUT2D eigenvalue weighted by atomic mass is 10.1. The van der Waals surface area contributed by atoms with Crippen LogP contribution in [0, 0.1) is 0 Å². The number of hydrogen-bond donors (Lipinski definition) is 2. The van der Waals surface area contributed by atoms with Gasteiger partial charge in [0.1, 0.15) is 5.76 Å². The number of carbonyl (C=O) groups excluding carboxylic acids is 2. The van der Waals surface area contributed by atoms with Crippen LogP contribution in [0.4, 0.5) is 5.69 Å². The monoisotopic (exact) mass is 286 g/mol. The van der Waals surface area contributed by atoms with Crippen LogP contribution in [0.15, 0.2) is 47.1 Å².